The van der Waals surface area contributed by atoms with Crippen LogP contribution in [0.15, 0.2) is 60.7 Å². The van der Waals surface area contributed by atoms with Gasteiger partial charge in [0.1, 0.15) is 0 Å². The van der Waals surface area contributed by atoms with Crippen molar-refractivity contribution in [3.63, 3.8) is 0 Å². The third kappa shape index (κ3) is 7.15. The van der Waals surface area contributed by atoms with E-state index in [1.54, 1.807) is 14.2 Å². The van der Waals surface area contributed by atoms with E-state index in [1.807, 2.05) is 50.2 Å². The number of hydrogen-bond acceptors (Lipinski definition) is 4. The molecule has 0 amide bonds. The Morgan fingerprint density at radius 2 is 1.20 bits per heavy atom. The van der Waals surface area contributed by atoms with E-state index in [2.05, 4.69) is 24.3 Å². The van der Waals surface area contributed by atoms with Crippen molar-refractivity contribution in [1.82, 2.24) is 0 Å². The van der Waals surface area contributed by atoms with Crippen LogP contribution in [0, 0.1) is 5.92 Å². The maximum atomic E-state index is 6.16. The van der Waals surface area contributed by atoms with Crippen LogP contribution in [0.2, 0.25) is 6.04 Å². The fraction of sp³-hybridized carbons (Fsp3) is 0.500. The molecule has 30 heavy (non-hydrogen) atoms. The largest absolute Gasteiger partial charge is 0.407 e. The Labute approximate surface area is 185 Å². The zero-order valence-electron chi connectivity index (χ0n) is 18.9. The van der Waals surface area contributed by atoms with Crippen molar-refractivity contribution in [1.29, 1.82) is 0 Å². The van der Waals surface area contributed by atoms with E-state index < -0.39 is 17.8 Å². The minimum absolute atomic E-state index is 0.649. The molecule has 2 aromatic rings. The van der Waals surface area contributed by atoms with Crippen molar-refractivity contribution < 1.29 is 17.7 Å². The van der Waals surface area contributed by atoms with Gasteiger partial charge in [0.25, 0.3) is 0 Å². The van der Waals surface area contributed by atoms with Gasteiger partial charge in [-0.1, -0.05) is 86.3 Å². The van der Waals surface area contributed by atoms with Crippen LogP contribution in [-0.2, 0) is 17.7 Å². The molecule has 0 atom stereocenters. The quantitative estimate of drug-likeness (QED) is 0.512. The monoisotopic (exact) mass is 445 g/mol. The first-order chi connectivity index (χ1) is 14.7. The highest BCUT2D eigenvalue weighted by Crippen LogP contribution is 2.29. The normalized spacial score (nSPS) is 14.6. The first kappa shape index (κ1) is 25.0. The van der Waals surface area contributed by atoms with Crippen LogP contribution in [-0.4, -0.2) is 45.3 Å². The zero-order chi connectivity index (χ0) is 21.7. The number of benzene rings is 2. The van der Waals surface area contributed by atoms with Crippen LogP contribution < -0.4 is 10.4 Å². The molecule has 1 aliphatic rings. The highest BCUT2D eigenvalue weighted by molar-refractivity contribution is 6.92. The van der Waals surface area contributed by atoms with E-state index in [1.165, 1.54) is 31.7 Å². The summed E-state index contributed by atoms with van der Waals surface area (Å²) in [5.74, 6) is 0.892. The summed E-state index contributed by atoms with van der Waals surface area (Å²) in [6.07, 6.45) is 5.60. The molecule has 1 fully saturated rings. The summed E-state index contributed by atoms with van der Waals surface area (Å²) in [7, 11) is 0.0594. The van der Waals surface area contributed by atoms with Gasteiger partial charge in [0.2, 0.25) is 0 Å². The maximum absolute atomic E-state index is 6.16. The van der Waals surface area contributed by atoms with Crippen LogP contribution in [0.5, 0.6) is 0 Å². The van der Waals surface area contributed by atoms with Gasteiger partial charge >= 0.3 is 17.8 Å². The molecule has 1 aliphatic carbocycles. The van der Waals surface area contributed by atoms with Gasteiger partial charge in [0.05, 0.1) is 0 Å². The second kappa shape index (κ2) is 13.9. The molecule has 0 saturated heterocycles. The predicted octanol–water partition coefficient (Wildman–Crippen LogP) is 4.27. The van der Waals surface area contributed by atoms with Crippen LogP contribution in [0.1, 0.15) is 39.5 Å². The third-order valence-electron chi connectivity index (χ3n) is 5.39. The van der Waals surface area contributed by atoms with Gasteiger partial charge in [-0.25, -0.2) is 0 Å². The molecule has 4 nitrogen and oxygen atoms in total. The van der Waals surface area contributed by atoms with Crippen molar-refractivity contribution in [2.24, 2.45) is 5.92 Å². The van der Waals surface area contributed by atoms with Crippen LogP contribution in [0.4, 0.5) is 0 Å². The highest BCUT2D eigenvalue weighted by atomic mass is 28.4. The Hall–Kier alpha value is -1.29. The van der Waals surface area contributed by atoms with Crippen LogP contribution >= 0.6 is 0 Å². The fourth-order valence-electron chi connectivity index (χ4n) is 3.96. The lowest BCUT2D eigenvalue weighted by Crippen LogP contribution is -2.63. The number of rotatable bonds is 10. The predicted molar refractivity (Wildman–Crippen MR) is 128 cm³/mol. The third-order valence-corrected chi connectivity index (χ3v) is 10.8. The Morgan fingerprint density at radius 1 is 0.767 bits per heavy atom. The minimum Gasteiger partial charge on any atom is -0.397 e. The van der Waals surface area contributed by atoms with Crippen molar-refractivity contribution in [3.8, 4) is 0 Å². The smallest absolute Gasteiger partial charge is 0.397 e. The molecule has 1 saturated carbocycles. The molecular weight excluding hydrogens is 408 g/mol. The van der Waals surface area contributed by atoms with Gasteiger partial charge in [-0.05, 0) is 36.2 Å². The molecule has 6 heteroatoms. The Kier molecular flexibility index (Phi) is 11.6. The van der Waals surface area contributed by atoms with Gasteiger partial charge in [-0.2, -0.15) is 0 Å². The molecule has 0 unspecified atom stereocenters. The van der Waals surface area contributed by atoms with Crippen molar-refractivity contribution in [2.75, 3.05) is 27.4 Å². The first-order valence-corrected chi connectivity index (χ1v) is 14.4. The maximum Gasteiger partial charge on any atom is 0.407 e. The van der Waals surface area contributed by atoms with Gasteiger partial charge in [-0.15, -0.1) is 0 Å². The molecule has 0 N–H and O–H groups in total. The van der Waals surface area contributed by atoms with E-state index in [9.17, 15) is 0 Å². The van der Waals surface area contributed by atoms with Gasteiger partial charge in [0, 0.05) is 27.4 Å². The second-order valence-electron chi connectivity index (χ2n) is 7.35. The molecular formula is C24H37O4Si2. The van der Waals surface area contributed by atoms with E-state index in [-0.39, 0.29) is 0 Å². The topological polar surface area (TPSA) is 36.9 Å². The van der Waals surface area contributed by atoms with Gasteiger partial charge in [0.15, 0.2) is 0 Å². The van der Waals surface area contributed by atoms with E-state index in [4.69, 9.17) is 17.7 Å². The minimum atomic E-state index is -2.55. The molecule has 3 rings (SSSR count). The average molecular weight is 446 g/mol. The van der Waals surface area contributed by atoms with Gasteiger partial charge < -0.3 is 17.7 Å². The standard InChI is InChI=1S/C16H20O2Si.C8H17O2Si/c1-3-17-19(18-4-2,15-11-7-5-8-12-15)16-13-9-6-10-14-16;1-9-11(10-2)7-8-5-3-4-6-8/h5-14H,3-4H2,1-2H3;8H,3-7H2,1-2H3. The molecule has 1 radical (unpaired) electrons. The summed E-state index contributed by atoms with van der Waals surface area (Å²) in [6, 6.07) is 21.8. The Balaban J connectivity index is 0.000000248. The lowest BCUT2D eigenvalue weighted by molar-refractivity contribution is 0.208. The molecule has 0 bridgehead atoms. The number of hydrogen-bond donors (Lipinski definition) is 0. The van der Waals surface area contributed by atoms with Crippen LogP contribution in [0.25, 0.3) is 0 Å². The summed E-state index contributed by atoms with van der Waals surface area (Å²) in [4.78, 5) is 0. The Morgan fingerprint density at radius 3 is 1.57 bits per heavy atom. The van der Waals surface area contributed by atoms with Crippen molar-refractivity contribution in [3.05, 3.63) is 60.7 Å². The second-order valence-corrected chi connectivity index (χ2v) is 12.3. The summed E-state index contributed by atoms with van der Waals surface area (Å²) >= 11 is 0. The summed E-state index contributed by atoms with van der Waals surface area (Å²) in [5.41, 5.74) is 0. The summed E-state index contributed by atoms with van der Waals surface area (Å²) < 4.78 is 22.8. The van der Waals surface area contributed by atoms with Crippen molar-refractivity contribution in [2.45, 2.75) is 45.6 Å². The first-order valence-electron chi connectivity index (χ1n) is 11.0. The molecule has 0 aromatic heterocycles. The zero-order valence-corrected chi connectivity index (χ0v) is 20.9. The molecule has 0 spiro atoms. The summed E-state index contributed by atoms with van der Waals surface area (Å²) in [5, 5.41) is 2.31. The molecule has 165 valence electrons. The molecule has 0 aliphatic heterocycles. The van der Waals surface area contributed by atoms with E-state index in [0.29, 0.717) is 13.2 Å². The highest BCUT2D eigenvalue weighted by Gasteiger charge is 2.41. The van der Waals surface area contributed by atoms with E-state index in [0.717, 1.165) is 16.3 Å². The SMILES string of the molecule is CCO[Si](OCC)(c1ccccc1)c1ccccc1.CO[Si](CC1CCCC1)OC. The summed E-state index contributed by atoms with van der Waals surface area (Å²) in [6.45, 7) is 5.34. The lowest BCUT2D eigenvalue weighted by Gasteiger charge is -2.30. The Bertz CT molecular complexity index is 627. The fourth-order valence-corrected chi connectivity index (χ4v) is 8.50. The van der Waals surface area contributed by atoms with Crippen LogP contribution in [0.3, 0.4) is 0 Å². The van der Waals surface area contributed by atoms with E-state index >= 15 is 0 Å². The van der Waals surface area contributed by atoms with Gasteiger partial charge in [-0.3, -0.25) is 0 Å². The molecule has 0 heterocycles. The average Bonchev–Trinajstić information content (AvgIpc) is 3.32. The van der Waals surface area contributed by atoms with Crippen molar-refractivity contribution >= 4 is 28.2 Å². The molecule has 2 aromatic carbocycles. The lowest BCUT2D eigenvalue weighted by atomic mass is 10.1.